The predicted octanol–water partition coefficient (Wildman–Crippen LogP) is 1.56. The zero-order valence-corrected chi connectivity index (χ0v) is 18.6. The highest BCUT2D eigenvalue weighted by molar-refractivity contribution is 7.99. The highest BCUT2D eigenvalue weighted by Gasteiger charge is 2.55. The van der Waals surface area contributed by atoms with E-state index in [1.165, 1.54) is 11.9 Å². The molecule has 1 saturated heterocycles. The van der Waals surface area contributed by atoms with Gasteiger partial charge in [-0.15, -0.1) is 11.6 Å². The van der Waals surface area contributed by atoms with Gasteiger partial charge in [-0.3, -0.25) is 14.3 Å². The Labute approximate surface area is 185 Å². The van der Waals surface area contributed by atoms with Crippen LogP contribution in [-0.4, -0.2) is 70.2 Å². The average Bonchev–Trinajstić information content (AvgIpc) is 3.25. The van der Waals surface area contributed by atoms with Crippen LogP contribution in [0.3, 0.4) is 0 Å². The molecule has 30 heavy (non-hydrogen) atoms. The summed E-state index contributed by atoms with van der Waals surface area (Å²) in [6.45, 7) is 0.682. The van der Waals surface area contributed by atoms with Crippen molar-refractivity contribution < 1.29 is 23.8 Å². The van der Waals surface area contributed by atoms with Crippen LogP contribution >= 0.6 is 23.5 Å². The molecule has 5 rings (SSSR count). The lowest BCUT2D eigenvalue weighted by molar-refractivity contribution is -0.140. The summed E-state index contributed by atoms with van der Waals surface area (Å²) in [7, 11) is 0. The van der Waals surface area contributed by atoms with Gasteiger partial charge in [0, 0.05) is 18.5 Å². The number of rotatable bonds is 6. The molecule has 0 aromatic heterocycles. The lowest BCUT2D eigenvalue weighted by Crippen LogP contribution is -2.70. The van der Waals surface area contributed by atoms with Crippen LogP contribution in [0.25, 0.3) is 0 Å². The minimum Gasteiger partial charge on any atom is -0.391 e. The lowest BCUT2D eigenvalue weighted by atomic mass is 9.60. The van der Waals surface area contributed by atoms with Crippen LogP contribution in [-0.2, 0) is 14.3 Å². The normalized spacial score (nSPS) is 43.4. The second-order valence-corrected chi connectivity index (χ2v) is 10.9. The number of aliphatic hydroxyl groups is 1. The molecule has 1 heterocycles. The molecule has 5 atom stereocenters. The van der Waals surface area contributed by atoms with E-state index in [-0.39, 0.29) is 41.7 Å². The van der Waals surface area contributed by atoms with E-state index in [1.54, 1.807) is 0 Å². The van der Waals surface area contributed by atoms with Gasteiger partial charge in [0.25, 0.3) is 0 Å². The highest BCUT2D eigenvalue weighted by atomic mass is 35.5. The molecule has 4 N–H and O–H groups in total. The molecule has 4 unspecified atom stereocenters. The van der Waals surface area contributed by atoms with Crippen LogP contribution in [0.2, 0.25) is 0 Å². The number of hydrogen-bond donors (Lipinski definition) is 4. The molecule has 0 spiro atoms. The van der Waals surface area contributed by atoms with Gasteiger partial charge in [0.15, 0.2) is 0 Å². The summed E-state index contributed by atoms with van der Waals surface area (Å²) >= 11 is 7.35. The molecule has 5 aliphatic rings. The van der Waals surface area contributed by atoms with Crippen molar-refractivity contribution in [2.45, 2.75) is 97.9 Å². The monoisotopic (exact) mass is 463 g/mol. The molecule has 0 aromatic carbocycles. The number of nitrogens with one attached hydrogen (secondary N) is 3. The minimum atomic E-state index is -1.10. The Hall–Kier alpha value is -0.610. The SMILES string of the molecule is O=C(COC1CCC(Cl)C(F)C1)NC12CCC(NC(=O)C3CCNS3)(CC1)C[C@@H]2O. The van der Waals surface area contributed by atoms with E-state index in [9.17, 15) is 19.1 Å². The molecular weight excluding hydrogens is 433 g/mol. The van der Waals surface area contributed by atoms with E-state index in [0.717, 1.165) is 25.8 Å². The van der Waals surface area contributed by atoms with Crippen LogP contribution in [0.4, 0.5) is 4.39 Å². The summed E-state index contributed by atoms with van der Waals surface area (Å²) in [6.07, 6.45) is 3.20. The van der Waals surface area contributed by atoms with E-state index < -0.39 is 23.2 Å². The average molecular weight is 464 g/mol. The maximum Gasteiger partial charge on any atom is 0.246 e. The Morgan fingerprint density at radius 3 is 2.60 bits per heavy atom. The van der Waals surface area contributed by atoms with Crippen molar-refractivity contribution >= 4 is 35.4 Å². The van der Waals surface area contributed by atoms with E-state index >= 15 is 0 Å². The molecule has 7 nitrogen and oxygen atoms in total. The Bertz CT molecular complexity index is 658. The standard InChI is InChI=1S/C20H31ClFN3O4S/c21-13-2-1-12(9-14(13)22)29-11-17(27)24-20-6-4-19(5-7-20,10-16(20)26)25-18(28)15-3-8-23-30-15/h12-16,23,26H,1-11H2,(H,24,27)(H,25,28)/t12?,13?,14?,15?,16-,19?,20?/m0/s1. The number of carbonyl (C=O) groups excluding carboxylic acids is 2. The molecule has 0 aromatic rings. The second kappa shape index (κ2) is 9.10. The van der Waals surface area contributed by atoms with Gasteiger partial charge in [-0.25, -0.2) is 4.39 Å². The van der Waals surface area contributed by atoms with Crippen molar-refractivity contribution in [2.24, 2.45) is 0 Å². The molecular formula is C20H31ClFN3O4S. The van der Waals surface area contributed by atoms with Crippen LogP contribution in [0.5, 0.6) is 0 Å². The van der Waals surface area contributed by atoms with E-state index in [0.29, 0.717) is 32.1 Å². The predicted molar refractivity (Wildman–Crippen MR) is 113 cm³/mol. The number of aliphatic hydroxyl groups excluding tert-OH is 1. The number of alkyl halides is 2. The lowest BCUT2D eigenvalue weighted by Gasteiger charge is -2.56. The smallest absolute Gasteiger partial charge is 0.246 e. The maximum atomic E-state index is 13.7. The van der Waals surface area contributed by atoms with E-state index in [1.807, 2.05) is 0 Å². The fraction of sp³-hybridized carbons (Fsp3) is 0.900. The highest BCUT2D eigenvalue weighted by Crippen LogP contribution is 2.47. The van der Waals surface area contributed by atoms with Crippen LogP contribution in [0.1, 0.15) is 57.8 Å². The molecule has 5 fully saturated rings. The fourth-order valence-electron chi connectivity index (χ4n) is 5.30. The quantitative estimate of drug-likeness (QED) is 0.352. The van der Waals surface area contributed by atoms with Crippen molar-refractivity contribution in [1.29, 1.82) is 0 Å². The summed E-state index contributed by atoms with van der Waals surface area (Å²) in [6, 6.07) is 0. The number of hydrogen-bond acceptors (Lipinski definition) is 6. The third-order valence-corrected chi connectivity index (χ3v) is 8.82. The Kier molecular flexibility index (Phi) is 6.85. The van der Waals surface area contributed by atoms with Gasteiger partial charge < -0.3 is 20.5 Å². The molecule has 4 aliphatic carbocycles. The van der Waals surface area contributed by atoms with Crippen LogP contribution in [0.15, 0.2) is 0 Å². The van der Waals surface area contributed by atoms with Gasteiger partial charge in [0.2, 0.25) is 11.8 Å². The van der Waals surface area contributed by atoms with Gasteiger partial charge in [-0.2, -0.15) is 0 Å². The van der Waals surface area contributed by atoms with Gasteiger partial charge in [0.1, 0.15) is 12.8 Å². The first-order valence-corrected chi connectivity index (χ1v) is 12.2. The number of halogens is 2. The van der Waals surface area contributed by atoms with E-state index in [2.05, 4.69) is 15.4 Å². The summed E-state index contributed by atoms with van der Waals surface area (Å²) in [5.74, 6) is -0.258. The topological polar surface area (TPSA) is 99.7 Å². The zero-order valence-electron chi connectivity index (χ0n) is 17.0. The van der Waals surface area contributed by atoms with Gasteiger partial charge >= 0.3 is 0 Å². The van der Waals surface area contributed by atoms with Crippen molar-refractivity contribution in [2.75, 3.05) is 13.2 Å². The second-order valence-electron chi connectivity index (χ2n) is 9.26. The van der Waals surface area contributed by atoms with Crippen LogP contribution < -0.4 is 15.4 Å². The third-order valence-electron chi connectivity index (χ3n) is 7.22. The van der Waals surface area contributed by atoms with Gasteiger partial charge in [0.05, 0.1) is 28.4 Å². The Morgan fingerprint density at radius 1 is 1.20 bits per heavy atom. The third kappa shape index (κ3) is 4.75. The van der Waals surface area contributed by atoms with Crippen molar-refractivity contribution in [3.05, 3.63) is 0 Å². The Morgan fingerprint density at radius 2 is 1.97 bits per heavy atom. The van der Waals surface area contributed by atoms with Gasteiger partial charge in [-0.1, -0.05) is 11.9 Å². The maximum absolute atomic E-state index is 13.7. The molecule has 10 heteroatoms. The van der Waals surface area contributed by atoms with Crippen molar-refractivity contribution in [3.8, 4) is 0 Å². The number of fused-ring (bicyclic) bond motifs is 3. The largest absolute Gasteiger partial charge is 0.391 e. The van der Waals surface area contributed by atoms with Crippen molar-refractivity contribution in [1.82, 2.24) is 15.4 Å². The van der Waals surface area contributed by atoms with E-state index in [4.69, 9.17) is 16.3 Å². The first kappa shape index (κ1) is 22.6. The molecule has 2 bridgehead atoms. The molecule has 4 saturated carbocycles. The first-order chi connectivity index (χ1) is 14.3. The molecule has 1 aliphatic heterocycles. The summed E-state index contributed by atoms with van der Waals surface area (Å²) in [5, 5.41) is 16.5. The number of ether oxygens (including phenoxy) is 1. The summed E-state index contributed by atoms with van der Waals surface area (Å²) in [5.41, 5.74) is -1.06. The zero-order chi connectivity index (χ0) is 21.4. The van der Waals surface area contributed by atoms with Gasteiger partial charge in [-0.05, 0) is 51.4 Å². The molecule has 2 amide bonds. The molecule has 0 radical (unpaired) electrons. The number of carbonyl (C=O) groups is 2. The fourth-order valence-corrected chi connectivity index (χ4v) is 6.37. The summed E-state index contributed by atoms with van der Waals surface area (Å²) < 4.78 is 22.5. The summed E-state index contributed by atoms with van der Waals surface area (Å²) in [4.78, 5) is 25.1. The number of amides is 2. The molecule has 170 valence electrons. The Balaban J connectivity index is 1.27. The van der Waals surface area contributed by atoms with Crippen LogP contribution in [0, 0.1) is 0 Å². The first-order valence-electron chi connectivity index (χ1n) is 10.9. The van der Waals surface area contributed by atoms with Crippen molar-refractivity contribution in [3.63, 3.8) is 0 Å². The minimum absolute atomic E-state index is 0.0295.